The number of hydrogen-bond donors (Lipinski definition) is 1. The predicted octanol–water partition coefficient (Wildman–Crippen LogP) is 2.00. The number of fused-ring (bicyclic) bond motifs is 1. The van der Waals surface area contributed by atoms with Crippen LogP contribution in [0, 0.1) is 17.8 Å². The van der Waals surface area contributed by atoms with Gasteiger partial charge in [-0.25, -0.2) is 9.78 Å². The van der Waals surface area contributed by atoms with Crippen LogP contribution in [0.1, 0.15) is 13.8 Å². The normalized spacial score (nSPS) is 14.6. The molecule has 1 aromatic heterocycles. The highest BCUT2D eigenvalue weighted by Crippen LogP contribution is 2.29. The summed E-state index contributed by atoms with van der Waals surface area (Å²) in [5.41, 5.74) is 2.77. The molecule has 6 nitrogen and oxygen atoms in total. The summed E-state index contributed by atoms with van der Waals surface area (Å²) in [4.78, 5) is 21.4. The summed E-state index contributed by atoms with van der Waals surface area (Å²) >= 11 is 0. The first-order valence-corrected chi connectivity index (χ1v) is 8.61. The van der Waals surface area contributed by atoms with E-state index in [0.717, 1.165) is 29.8 Å². The highest BCUT2D eigenvalue weighted by molar-refractivity contribution is 5.95. The SMILES string of the molecule is CC(C)C#CCNC(=O)n1cnc2c(N3CC(N(C)C)C3)cccc21. The molecule has 0 radical (unpaired) electrons. The molecule has 0 aliphatic carbocycles. The quantitative estimate of drug-likeness (QED) is 0.869. The molecule has 0 spiro atoms. The van der Waals surface area contributed by atoms with Gasteiger partial charge in [0.25, 0.3) is 0 Å². The summed E-state index contributed by atoms with van der Waals surface area (Å²) in [7, 11) is 4.20. The Morgan fingerprint density at radius 2 is 2.16 bits per heavy atom. The molecule has 6 heteroatoms. The Morgan fingerprint density at radius 1 is 1.40 bits per heavy atom. The van der Waals surface area contributed by atoms with E-state index < -0.39 is 0 Å². The molecule has 25 heavy (non-hydrogen) atoms. The highest BCUT2D eigenvalue weighted by atomic mass is 16.2. The van der Waals surface area contributed by atoms with Gasteiger partial charge in [-0.15, -0.1) is 0 Å². The molecule has 1 aliphatic heterocycles. The second-order valence-electron chi connectivity index (χ2n) is 6.92. The van der Waals surface area contributed by atoms with Gasteiger partial charge in [-0.2, -0.15) is 0 Å². The number of carbonyl (C=O) groups excluding carboxylic acids is 1. The number of rotatable bonds is 3. The molecule has 1 aliphatic rings. The number of carbonyl (C=O) groups is 1. The largest absolute Gasteiger partial charge is 0.366 e. The minimum atomic E-state index is -0.201. The van der Waals surface area contributed by atoms with Crippen LogP contribution in [-0.4, -0.2) is 60.3 Å². The van der Waals surface area contributed by atoms with Crippen LogP contribution in [0.5, 0.6) is 0 Å². The van der Waals surface area contributed by atoms with Gasteiger partial charge in [-0.05, 0) is 26.2 Å². The van der Waals surface area contributed by atoms with Gasteiger partial charge < -0.3 is 15.1 Å². The van der Waals surface area contributed by atoms with Gasteiger partial charge in [0, 0.05) is 25.0 Å². The van der Waals surface area contributed by atoms with E-state index in [9.17, 15) is 4.79 Å². The van der Waals surface area contributed by atoms with Crippen molar-refractivity contribution in [1.82, 2.24) is 19.8 Å². The number of anilines is 1. The Bertz CT molecular complexity index is 821. The number of hydrogen-bond acceptors (Lipinski definition) is 4. The van der Waals surface area contributed by atoms with Crippen molar-refractivity contribution in [3.63, 3.8) is 0 Å². The van der Waals surface area contributed by atoms with Crippen LogP contribution in [-0.2, 0) is 0 Å². The second-order valence-corrected chi connectivity index (χ2v) is 6.92. The van der Waals surface area contributed by atoms with Crippen molar-refractivity contribution < 1.29 is 4.79 Å². The molecule has 0 unspecified atom stereocenters. The maximum absolute atomic E-state index is 12.4. The maximum Gasteiger partial charge on any atom is 0.328 e. The molecule has 1 aromatic carbocycles. The van der Waals surface area contributed by atoms with E-state index in [1.807, 2.05) is 26.0 Å². The lowest BCUT2D eigenvalue weighted by atomic mass is 10.1. The van der Waals surface area contributed by atoms with Gasteiger partial charge >= 0.3 is 6.03 Å². The summed E-state index contributed by atoms with van der Waals surface area (Å²) in [6.45, 7) is 6.35. The molecular formula is C19H25N5O. The lowest BCUT2D eigenvalue weighted by Gasteiger charge is -2.44. The minimum absolute atomic E-state index is 0.201. The number of aromatic nitrogens is 2. The van der Waals surface area contributed by atoms with Crippen LogP contribution >= 0.6 is 0 Å². The van der Waals surface area contributed by atoms with Crippen molar-refractivity contribution in [2.45, 2.75) is 19.9 Å². The zero-order valence-corrected chi connectivity index (χ0v) is 15.3. The summed E-state index contributed by atoms with van der Waals surface area (Å²) in [6.07, 6.45) is 1.59. The van der Waals surface area contributed by atoms with Crippen molar-refractivity contribution >= 4 is 22.8 Å². The fourth-order valence-corrected chi connectivity index (χ4v) is 2.88. The molecule has 0 atom stereocenters. The number of amides is 1. The molecular weight excluding hydrogens is 314 g/mol. The molecule has 1 fully saturated rings. The van der Waals surface area contributed by atoms with E-state index in [1.54, 1.807) is 10.9 Å². The highest BCUT2D eigenvalue weighted by Gasteiger charge is 2.30. The molecule has 2 heterocycles. The standard InChI is InChI=1S/C19H25N5O/c1-14(2)7-6-10-20-19(25)24-13-21-18-16(8-5-9-17(18)24)23-11-15(12-23)22(3)4/h5,8-9,13-15H,10-12H2,1-4H3,(H,20,25). The molecule has 1 N–H and O–H groups in total. The Morgan fingerprint density at radius 3 is 2.84 bits per heavy atom. The van der Waals surface area contributed by atoms with Crippen molar-refractivity contribution in [3.05, 3.63) is 24.5 Å². The van der Waals surface area contributed by atoms with Crippen molar-refractivity contribution in [2.24, 2.45) is 5.92 Å². The second kappa shape index (κ2) is 7.16. The van der Waals surface area contributed by atoms with Gasteiger partial charge in [-0.3, -0.25) is 4.57 Å². The minimum Gasteiger partial charge on any atom is -0.366 e. The third-order valence-corrected chi connectivity index (χ3v) is 4.43. The van der Waals surface area contributed by atoms with E-state index in [4.69, 9.17) is 0 Å². The number of imidazole rings is 1. The van der Waals surface area contributed by atoms with Crippen LogP contribution in [0.3, 0.4) is 0 Å². The monoisotopic (exact) mass is 339 g/mol. The first kappa shape index (κ1) is 17.3. The number of likely N-dealkylation sites (N-methyl/N-ethyl adjacent to an activating group) is 1. The van der Waals surface area contributed by atoms with Crippen molar-refractivity contribution in [1.29, 1.82) is 0 Å². The number of benzene rings is 1. The van der Waals surface area contributed by atoms with E-state index in [-0.39, 0.29) is 6.03 Å². The topological polar surface area (TPSA) is 53.4 Å². The van der Waals surface area contributed by atoms with Crippen LogP contribution in [0.4, 0.5) is 10.5 Å². The third kappa shape index (κ3) is 3.62. The van der Waals surface area contributed by atoms with Gasteiger partial charge in [0.2, 0.25) is 0 Å². The molecule has 3 rings (SSSR count). The molecule has 132 valence electrons. The number of nitrogens with one attached hydrogen (secondary N) is 1. The smallest absolute Gasteiger partial charge is 0.328 e. The summed E-state index contributed by atoms with van der Waals surface area (Å²) in [6, 6.07) is 6.34. The lowest BCUT2D eigenvalue weighted by Crippen LogP contribution is -2.57. The van der Waals surface area contributed by atoms with Crippen LogP contribution in [0.25, 0.3) is 11.0 Å². The van der Waals surface area contributed by atoms with Gasteiger partial charge in [0.1, 0.15) is 11.8 Å². The number of nitrogens with zero attached hydrogens (tertiary/aromatic N) is 4. The third-order valence-electron chi connectivity index (χ3n) is 4.43. The zero-order valence-electron chi connectivity index (χ0n) is 15.3. The van der Waals surface area contributed by atoms with Crippen LogP contribution in [0.2, 0.25) is 0 Å². The summed E-state index contributed by atoms with van der Waals surface area (Å²) in [5.74, 6) is 6.30. The van der Waals surface area contributed by atoms with Gasteiger partial charge in [0.05, 0.1) is 17.7 Å². The Balaban J connectivity index is 1.75. The number of para-hydroxylation sites is 1. The van der Waals surface area contributed by atoms with E-state index in [0.29, 0.717) is 18.5 Å². The Kier molecular flexibility index (Phi) is 4.95. The summed E-state index contributed by atoms with van der Waals surface area (Å²) < 4.78 is 1.55. The average Bonchev–Trinajstić information content (AvgIpc) is 2.94. The fraction of sp³-hybridized carbons (Fsp3) is 0.474. The van der Waals surface area contributed by atoms with Crippen molar-refractivity contribution in [2.75, 3.05) is 38.6 Å². The van der Waals surface area contributed by atoms with Crippen LogP contribution in [0.15, 0.2) is 24.5 Å². The lowest BCUT2D eigenvalue weighted by molar-refractivity contribution is 0.244. The average molecular weight is 339 g/mol. The Hall–Kier alpha value is -2.52. The molecule has 1 amide bonds. The van der Waals surface area contributed by atoms with Gasteiger partial charge in [0.15, 0.2) is 0 Å². The molecule has 0 saturated carbocycles. The Labute approximate surface area is 148 Å². The van der Waals surface area contributed by atoms with E-state index >= 15 is 0 Å². The van der Waals surface area contributed by atoms with Gasteiger partial charge in [-0.1, -0.05) is 31.8 Å². The molecule has 2 aromatic rings. The fourth-order valence-electron chi connectivity index (χ4n) is 2.88. The van der Waals surface area contributed by atoms with Crippen LogP contribution < -0.4 is 10.2 Å². The summed E-state index contributed by atoms with van der Waals surface area (Å²) in [5, 5.41) is 2.82. The predicted molar refractivity (Wildman–Crippen MR) is 101 cm³/mol. The first-order chi connectivity index (χ1) is 12.0. The zero-order chi connectivity index (χ0) is 18.0. The first-order valence-electron chi connectivity index (χ1n) is 8.61. The van der Waals surface area contributed by atoms with Crippen molar-refractivity contribution in [3.8, 4) is 11.8 Å². The molecule has 1 saturated heterocycles. The molecule has 0 bridgehead atoms. The van der Waals surface area contributed by atoms with E-state index in [2.05, 4.69) is 52.1 Å². The maximum atomic E-state index is 12.4. The van der Waals surface area contributed by atoms with E-state index in [1.165, 1.54) is 0 Å².